The number of halogens is 1. The van der Waals surface area contributed by atoms with Crippen molar-refractivity contribution in [2.75, 3.05) is 31.9 Å². The summed E-state index contributed by atoms with van der Waals surface area (Å²) >= 11 is 6.97. The van der Waals surface area contributed by atoms with Gasteiger partial charge in [0.15, 0.2) is 5.13 Å². The fraction of sp³-hybridized carbons (Fsp3) is 0.222. The second-order valence-electron chi connectivity index (χ2n) is 6.32. The van der Waals surface area contributed by atoms with E-state index in [0.717, 1.165) is 6.54 Å². The molecular formula is C18H19ClN4O3S2. The molecule has 0 saturated carbocycles. The second kappa shape index (κ2) is 8.44. The number of anilines is 1. The fourth-order valence-electron chi connectivity index (χ4n) is 2.39. The summed E-state index contributed by atoms with van der Waals surface area (Å²) in [5.41, 5.74) is 1.12. The van der Waals surface area contributed by atoms with E-state index in [2.05, 4.69) is 15.0 Å². The third-order valence-corrected chi connectivity index (χ3v) is 6.51. The number of sulfonamides is 1. The number of amides is 1. The first-order chi connectivity index (χ1) is 13.2. The molecule has 0 unspecified atom stereocenters. The van der Waals surface area contributed by atoms with Gasteiger partial charge >= 0.3 is 0 Å². The van der Waals surface area contributed by atoms with Gasteiger partial charge in [0.2, 0.25) is 0 Å². The molecule has 0 aliphatic carbocycles. The average Bonchev–Trinajstić information content (AvgIpc) is 3.02. The van der Waals surface area contributed by atoms with Gasteiger partial charge in [-0.25, -0.2) is 13.4 Å². The van der Waals surface area contributed by atoms with Crippen LogP contribution >= 0.6 is 22.9 Å². The molecule has 7 nitrogen and oxygen atoms in total. The van der Waals surface area contributed by atoms with Crippen LogP contribution in [-0.4, -0.2) is 51.4 Å². The van der Waals surface area contributed by atoms with Gasteiger partial charge in [0.1, 0.15) is 0 Å². The van der Waals surface area contributed by atoms with E-state index in [4.69, 9.17) is 11.6 Å². The Balaban J connectivity index is 1.77. The van der Waals surface area contributed by atoms with Gasteiger partial charge in [-0.15, -0.1) is 0 Å². The van der Waals surface area contributed by atoms with E-state index in [9.17, 15) is 13.2 Å². The lowest BCUT2D eigenvalue weighted by molar-refractivity contribution is 0.0951. The Morgan fingerprint density at radius 1 is 1.18 bits per heavy atom. The maximum absolute atomic E-state index is 12.5. The lowest BCUT2D eigenvalue weighted by atomic mass is 10.2. The van der Waals surface area contributed by atoms with Crippen molar-refractivity contribution >= 4 is 54.2 Å². The Labute approximate surface area is 172 Å². The highest BCUT2D eigenvalue weighted by Crippen LogP contribution is 2.28. The molecule has 28 heavy (non-hydrogen) atoms. The number of thiazole rings is 1. The topological polar surface area (TPSA) is 91.4 Å². The molecule has 0 radical (unpaired) electrons. The van der Waals surface area contributed by atoms with E-state index in [1.54, 1.807) is 18.2 Å². The lowest BCUT2D eigenvalue weighted by Gasteiger charge is -2.10. The zero-order valence-electron chi connectivity index (χ0n) is 15.3. The standard InChI is InChI=1S/C18H19ClN4O3S2/c1-23(2)10-9-20-17(24)12-3-8-15-16(11-12)27-18(21-15)22-28(25,26)14-6-4-13(19)5-7-14/h3-8,11H,9-10H2,1-2H3,(H,20,24)(H,21,22). The number of carbonyl (C=O) groups is 1. The molecule has 148 valence electrons. The number of hydrogen-bond acceptors (Lipinski definition) is 6. The van der Waals surface area contributed by atoms with Crippen LogP contribution in [0.15, 0.2) is 47.4 Å². The number of benzene rings is 2. The van der Waals surface area contributed by atoms with Crippen LogP contribution < -0.4 is 10.0 Å². The van der Waals surface area contributed by atoms with E-state index in [-0.39, 0.29) is 15.9 Å². The Hall–Kier alpha value is -2.20. The first-order valence-electron chi connectivity index (χ1n) is 8.36. The molecule has 1 aromatic heterocycles. The molecule has 10 heteroatoms. The third-order valence-electron chi connectivity index (χ3n) is 3.84. The molecule has 0 saturated heterocycles. The normalized spacial score (nSPS) is 11.7. The molecule has 0 aliphatic rings. The number of nitrogens with zero attached hydrogens (tertiary/aromatic N) is 2. The van der Waals surface area contributed by atoms with Crippen LogP contribution in [0.2, 0.25) is 5.02 Å². The third kappa shape index (κ3) is 4.99. The highest BCUT2D eigenvalue weighted by atomic mass is 35.5. The first kappa shape index (κ1) is 20.5. The Morgan fingerprint density at radius 2 is 1.89 bits per heavy atom. The Bertz CT molecular complexity index is 1100. The molecule has 0 aliphatic heterocycles. The number of carbonyl (C=O) groups excluding carboxylic acids is 1. The number of rotatable bonds is 7. The lowest BCUT2D eigenvalue weighted by Crippen LogP contribution is -2.31. The summed E-state index contributed by atoms with van der Waals surface area (Å²) in [6.07, 6.45) is 0. The molecular weight excluding hydrogens is 420 g/mol. The molecule has 2 N–H and O–H groups in total. The van der Waals surface area contributed by atoms with Gasteiger partial charge in [0, 0.05) is 23.7 Å². The molecule has 1 amide bonds. The smallest absolute Gasteiger partial charge is 0.263 e. The van der Waals surface area contributed by atoms with Crippen molar-refractivity contribution in [2.45, 2.75) is 4.90 Å². The minimum Gasteiger partial charge on any atom is -0.351 e. The van der Waals surface area contributed by atoms with Crippen LogP contribution in [0.25, 0.3) is 10.2 Å². The van der Waals surface area contributed by atoms with Gasteiger partial charge in [-0.05, 0) is 56.6 Å². The number of likely N-dealkylation sites (N-methyl/N-ethyl adjacent to an activating group) is 1. The fourth-order valence-corrected chi connectivity index (χ4v) is 4.66. The van der Waals surface area contributed by atoms with E-state index in [0.29, 0.717) is 27.3 Å². The maximum Gasteiger partial charge on any atom is 0.263 e. The largest absolute Gasteiger partial charge is 0.351 e. The van der Waals surface area contributed by atoms with Crippen molar-refractivity contribution in [3.8, 4) is 0 Å². The molecule has 2 aromatic carbocycles. The number of nitrogens with one attached hydrogen (secondary N) is 2. The summed E-state index contributed by atoms with van der Waals surface area (Å²) in [6.45, 7) is 1.28. The van der Waals surface area contributed by atoms with Crippen LogP contribution in [0.3, 0.4) is 0 Å². The van der Waals surface area contributed by atoms with Gasteiger partial charge in [0.25, 0.3) is 15.9 Å². The van der Waals surface area contributed by atoms with Gasteiger partial charge in [-0.1, -0.05) is 22.9 Å². The predicted octanol–water partition coefficient (Wildman–Crippen LogP) is 3.04. The van der Waals surface area contributed by atoms with Crippen molar-refractivity contribution in [1.29, 1.82) is 0 Å². The number of aromatic nitrogens is 1. The highest BCUT2D eigenvalue weighted by molar-refractivity contribution is 7.93. The molecule has 0 spiro atoms. The minimum atomic E-state index is -3.77. The predicted molar refractivity (Wildman–Crippen MR) is 113 cm³/mol. The molecule has 3 rings (SSSR count). The Kier molecular flexibility index (Phi) is 6.19. The van der Waals surface area contributed by atoms with Crippen LogP contribution in [0.1, 0.15) is 10.4 Å². The van der Waals surface area contributed by atoms with E-state index >= 15 is 0 Å². The monoisotopic (exact) mass is 438 g/mol. The number of fused-ring (bicyclic) bond motifs is 1. The van der Waals surface area contributed by atoms with Crippen LogP contribution in [-0.2, 0) is 10.0 Å². The van der Waals surface area contributed by atoms with Gasteiger partial charge in [-0.2, -0.15) is 0 Å². The SMILES string of the molecule is CN(C)CCNC(=O)c1ccc2nc(NS(=O)(=O)c3ccc(Cl)cc3)sc2c1. The molecule has 3 aromatic rings. The van der Waals surface area contributed by atoms with Crippen molar-refractivity contribution in [1.82, 2.24) is 15.2 Å². The first-order valence-corrected chi connectivity index (χ1v) is 11.0. The van der Waals surface area contributed by atoms with Crippen LogP contribution in [0, 0.1) is 0 Å². The molecule has 0 bridgehead atoms. The second-order valence-corrected chi connectivity index (χ2v) is 9.47. The van der Waals surface area contributed by atoms with Crippen LogP contribution in [0.4, 0.5) is 5.13 Å². The molecule has 1 heterocycles. The molecule has 0 atom stereocenters. The maximum atomic E-state index is 12.5. The highest BCUT2D eigenvalue weighted by Gasteiger charge is 2.17. The summed E-state index contributed by atoms with van der Waals surface area (Å²) in [7, 11) is 0.0964. The summed E-state index contributed by atoms with van der Waals surface area (Å²) in [4.78, 5) is 18.6. The van der Waals surface area contributed by atoms with Crippen molar-refractivity contribution < 1.29 is 13.2 Å². The van der Waals surface area contributed by atoms with Gasteiger partial charge < -0.3 is 10.2 Å². The summed E-state index contributed by atoms with van der Waals surface area (Å²) in [6, 6.07) is 10.9. The average molecular weight is 439 g/mol. The number of hydrogen-bond donors (Lipinski definition) is 2. The zero-order chi connectivity index (χ0) is 20.3. The summed E-state index contributed by atoms with van der Waals surface area (Å²) in [5.74, 6) is -0.180. The minimum absolute atomic E-state index is 0.0946. The van der Waals surface area contributed by atoms with E-state index in [1.807, 2.05) is 19.0 Å². The quantitative estimate of drug-likeness (QED) is 0.591. The van der Waals surface area contributed by atoms with E-state index < -0.39 is 10.0 Å². The van der Waals surface area contributed by atoms with Crippen molar-refractivity contribution in [2.24, 2.45) is 0 Å². The van der Waals surface area contributed by atoms with Crippen molar-refractivity contribution in [3.05, 3.63) is 53.1 Å². The van der Waals surface area contributed by atoms with Crippen molar-refractivity contribution in [3.63, 3.8) is 0 Å². The molecule has 0 fully saturated rings. The van der Waals surface area contributed by atoms with Crippen LogP contribution in [0.5, 0.6) is 0 Å². The van der Waals surface area contributed by atoms with E-state index in [1.165, 1.54) is 35.6 Å². The van der Waals surface area contributed by atoms with Gasteiger partial charge in [-0.3, -0.25) is 9.52 Å². The summed E-state index contributed by atoms with van der Waals surface area (Å²) in [5, 5.41) is 3.53. The summed E-state index contributed by atoms with van der Waals surface area (Å²) < 4.78 is 28.2. The van der Waals surface area contributed by atoms with Gasteiger partial charge in [0.05, 0.1) is 15.1 Å². The Morgan fingerprint density at radius 3 is 2.57 bits per heavy atom. The zero-order valence-corrected chi connectivity index (χ0v) is 17.7.